The van der Waals surface area contributed by atoms with Crippen molar-refractivity contribution < 1.29 is 4.74 Å². The van der Waals surface area contributed by atoms with Gasteiger partial charge in [0.1, 0.15) is 5.75 Å². The van der Waals surface area contributed by atoms with Crippen LogP contribution >= 0.6 is 0 Å². The Balaban J connectivity index is 1.89. The summed E-state index contributed by atoms with van der Waals surface area (Å²) in [4.78, 5) is 11.6. The van der Waals surface area contributed by atoms with Crippen LogP contribution in [0.25, 0.3) is 11.4 Å². The van der Waals surface area contributed by atoms with Gasteiger partial charge >= 0.3 is 0 Å². The summed E-state index contributed by atoms with van der Waals surface area (Å²) in [6, 6.07) is 8.14. The zero-order valence-corrected chi connectivity index (χ0v) is 13.1. The molecule has 1 saturated heterocycles. The number of anilines is 1. The van der Waals surface area contributed by atoms with Gasteiger partial charge in [-0.2, -0.15) is 0 Å². The van der Waals surface area contributed by atoms with Crippen LogP contribution in [0.2, 0.25) is 0 Å². The Morgan fingerprint density at radius 3 is 2.64 bits per heavy atom. The summed E-state index contributed by atoms with van der Waals surface area (Å²) in [6.45, 7) is 3.98. The Bertz CT molecular complexity index is 651. The number of nitrogens with two attached hydrogens (primary N) is 1. The molecule has 5 nitrogen and oxygen atoms in total. The van der Waals surface area contributed by atoms with E-state index in [4.69, 9.17) is 10.5 Å². The number of nitrogens with zero attached hydrogens (tertiary/aromatic N) is 3. The van der Waals surface area contributed by atoms with Crippen molar-refractivity contribution >= 4 is 5.69 Å². The molecule has 0 spiro atoms. The van der Waals surface area contributed by atoms with Gasteiger partial charge < -0.3 is 15.4 Å². The summed E-state index contributed by atoms with van der Waals surface area (Å²) in [5, 5.41) is 0. The molecule has 2 aromatic rings. The fourth-order valence-corrected chi connectivity index (χ4v) is 2.87. The number of benzene rings is 1. The predicted molar refractivity (Wildman–Crippen MR) is 88.2 cm³/mol. The van der Waals surface area contributed by atoms with Crippen molar-refractivity contribution in [2.45, 2.75) is 25.8 Å². The van der Waals surface area contributed by atoms with Crippen LogP contribution < -0.4 is 15.4 Å². The van der Waals surface area contributed by atoms with E-state index in [2.05, 4.69) is 14.9 Å². The number of ether oxygens (including phenoxy) is 1. The normalized spacial score (nSPS) is 15.9. The van der Waals surface area contributed by atoms with Crippen molar-refractivity contribution in [2.24, 2.45) is 5.73 Å². The van der Waals surface area contributed by atoms with E-state index in [9.17, 15) is 0 Å². The molecule has 0 bridgehead atoms. The lowest BCUT2D eigenvalue weighted by Crippen LogP contribution is -2.40. The Labute approximate surface area is 131 Å². The molecule has 116 valence electrons. The summed E-state index contributed by atoms with van der Waals surface area (Å²) in [6.07, 6.45) is 3.96. The molecule has 22 heavy (non-hydrogen) atoms. The Kier molecular flexibility index (Phi) is 4.24. The van der Waals surface area contributed by atoms with Crippen LogP contribution in [0.15, 0.2) is 30.5 Å². The second-order valence-corrected chi connectivity index (χ2v) is 5.69. The molecule has 1 aliphatic rings. The molecule has 0 aliphatic carbocycles. The van der Waals surface area contributed by atoms with E-state index in [1.807, 2.05) is 37.4 Å². The van der Waals surface area contributed by atoms with E-state index < -0.39 is 0 Å². The number of hydrogen-bond donors (Lipinski definition) is 1. The first kappa shape index (κ1) is 14.8. The number of aromatic nitrogens is 2. The highest BCUT2D eigenvalue weighted by atomic mass is 16.5. The van der Waals surface area contributed by atoms with E-state index in [1.165, 1.54) is 0 Å². The highest BCUT2D eigenvalue weighted by molar-refractivity contribution is 5.65. The van der Waals surface area contributed by atoms with Gasteiger partial charge in [-0.1, -0.05) is 12.1 Å². The van der Waals surface area contributed by atoms with Crippen LogP contribution in [0.1, 0.15) is 18.5 Å². The Morgan fingerprint density at radius 1 is 1.23 bits per heavy atom. The van der Waals surface area contributed by atoms with Crippen LogP contribution in [-0.2, 0) is 0 Å². The second-order valence-electron chi connectivity index (χ2n) is 5.69. The number of para-hydroxylation sites is 1. The summed E-state index contributed by atoms with van der Waals surface area (Å²) >= 11 is 0. The molecule has 3 rings (SSSR count). The van der Waals surface area contributed by atoms with Gasteiger partial charge in [0.15, 0.2) is 5.82 Å². The van der Waals surface area contributed by atoms with Crippen LogP contribution in [0.5, 0.6) is 5.75 Å². The second kappa shape index (κ2) is 6.32. The molecule has 1 aliphatic heterocycles. The fourth-order valence-electron chi connectivity index (χ4n) is 2.87. The van der Waals surface area contributed by atoms with Crippen molar-refractivity contribution in [3.63, 3.8) is 0 Å². The molecule has 2 N–H and O–H groups in total. The first-order valence-electron chi connectivity index (χ1n) is 7.66. The third kappa shape index (κ3) is 2.90. The summed E-state index contributed by atoms with van der Waals surface area (Å²) in [7, 11) is 1.66. The van der Waals surface area contributed by atoms with Gasteiger partial charge in [-0.15, -0.1) is 0 Å². The van der Waals surface area contributed by atoms with E-state index in [1.54, 1.807) is 7.11 Å². The Hall–Kier alpha value is -2.14. The molecule has 0 unspecified atom stereocenters. The molecule has 1 fully saturated rings. The van der Waals surface area contributed by atoms with Gasteiger partial charge in [-0.3, -0.25) is 0 Å². The van der Waals surface area contributed by atoms with E-state index in [-0.39, 0.29) is 0 Å². The molecule has 2 heterocycles. The van der Waals surface area contributed by atoms with Crippen LogP contribution in [-0.4, -0.2) is 36.2 Å². The van der Waals surface area contributed by atoms with Gasteiger partial charge in [0.2, 0.25) is 0 Å². The quantitative estimate of drug-likeness (QED) is 0.942. The average Bonchev–Trinajstić information content (AvgIpc) is 2.56. The van der Waals surface area contributed by atoms with Crippen molar-refractivity contribution in [2.75, 3.05) is 25.1 Å². The summed E-state index contributed by atoms with van der Waals surface area (Å²) < 4.78 is 5.39. The monoisotopic (exact) mass is 298 g/mol. The third-order valence-electron chi connectivity index (χ3n) is 4.18. The number of aryl methyl sites for hydroxylation is 1. The van der Waals surface area contributed by atoms with Gasteiger partial charge in [-0.05, 0) is 31.9 Å². The average molecular weight is 298 g/mol. The SMILES string of the molecule is COc1ccccc1-c1ncc(N2CCC(N)CC2)c(C)n1. The minimum atomic E-state index is 0.324. The van der Waals surface area contributed by atoms with Crippen LogP contribution in [0.3, 0.4) is 0 Å². The molecule has 0 amide bonds. The molecule has 5 heteroatoms. The van der Waals surface area contributed by atoms with E-state index in [0.717, 1.165) is 48.6 Å². The molecule has 1 aromatic heterocycles. The number of piperidine rings is 1. The van der Waals surface area contributed by atoms with Gasteiger partial charge in [-0.25, -0.2) is 9.97 Å². The van der Waals surface area contributed by atoms with Crippen molar-refractivity contribution in [3.05, 3.63) is 36.2 Å². The number of methoxy groups -OCH3 is 1. The van der Waals surface area contributed by atoms with E-state index in [0.29, 0.717) is 11.9 Å². The maximum atomic E-state index is 5.97. The first-order chi connectivity index (χ1) is 10.7. The van der Waals surface area contributed by atoms with Crippen LogP contribution in [0.4, 0.5) is 5.69 Å². The lowest BCUT2D eigenvalue weighted by molar-refractivity contribution is 0.416. The Morgan fingerprint density at radius 2 is 1.95 bits per heavy atom. The lowest BCUT2D eigenvalue weighted by Gasteiger charge is -2.32. The van der Waals surface area contributed by atoms with Gasteiger partial charge in [0.05, 0.1) is 30.3 Å². The minimum absolute atomic E-state index is 0.324. The summed E-state index contributed by atoms with van der Waals surface area (Å²) in [5.74, 6) is 1.49. The maximum Gasteiger partial charge on any atom is 0.163 e. The topological polar surface area (TPSA) is 64.3 Å². The third-order valence-corrected chi connectivity index (χ3v) is 4.18. The zero-order chi connectivity index (χ0) is 15.5. The number of hydrogen-bond acceptors (Lipinski definition) is 5. The van der Waals surface area contributed by atoms with E-state index >= 15 is 0 Å². The number of rotatable bonds is 3. The first-order valence-corrected chi connectivity index (χ1v) is 7.66. The highest BCUT2D eigenvalue weighted by Gasteiger charge is 2.19. The minimum Gasteiger partial charge on any atom is -0.496 e. The molecule has 0 radical (unpaired) electrons. The fraction of sp³-hybridized carbons (Fsp3) is 0.412. The van der Waals surface area contributed by atoms with Gasteiger partial charge in [0.25, 0.3) is 0 Å². The zero-order valence-electron chi connectivity index (χ0n) is 13.1. The van der Waals surface area contributed by atoms with Crippen LogP contribution in [0, 0.1) is 6.92 Å². The molecule has 1 aromatic carbocycles. The van der Waals surface area contributed by atoms with Crippen molar-refractivity contribution in [1.82, 2.24) is 9.97 Å². The molecule has 0 atom stereocenters. The maximum absolute atomic E-state index is 5.97. The smallest absolute Gasteiger partial charge is 0.163 e. The van der Waals surface area contributed by atoms with Crippen molar-refractivity contribution in [1.29, 1.82) is 0 Å². The molecular formula is C17H22N4O. The molecular weight excluding hydrogens is 276 g/mol. The largest absolute Gasteiger partial charge is 0.496 e. The predicted octanol–water partition coefficient (Wildman–Crippen LogP) is 2.39. The summed E-state index contributed by atoms with van der Waals surface area (Å²) in [5.41, 5.74) is 8.98. The van der Waals surface area contributed by atoms with Gasteiger partial charge in [0, 0.05) is 19.1 Å². The highest BCUT2D eigenvalue weighted by Crippen LogP contribution is 2.29. The molecule has 0 saturated carbocycles. The standard InChI is InChI=1S/C17H22N4O/c1-12-15(21-9-7-13(18)8-10-21)11-19-17(20-12)14-5-3-4-6-16(14)22-2/h3-6,11,13H,7-10,18H2,1-2H3. The van der Waals surface area contributed by atoms with Crippen molar-refractivity contribution in [3.8, 4) is 17.1 Å². The lowest BCUT2D eigenvalue weighted by atomic mass is 10.1.